The summed E-state index contributed by atoms with van der Waals surface area (Å²) in [6.07, 6.45) is 1.68. The van der Waals surface area contributed by atoms with E-state index < -0.39 is 10.0 Å². The predicted octanol–water partition coefficient (Wildman–Crippen LogP) is 3.09. The van der Waals surface area contributed by atoms with E-state index in [9.17, 15) is 8.42 Å². The summed E-state index contributed by atoms with van der Waals surface area (Å²) in [6.45, 7) is 4.38. The number of hydrogen-bond donors (Lipinski definition) is 3. The molecule has 2 aromatic carbocycles. The molecule has 9 heteroatoms. The lowest BCUT2D eigenvalue weighted by molar-refractivity contribution is -0.347. The first kappa shape index (κ1) is 22.9. The van der Waals surface area contributed by atoms with Crippen molar-refractivity contribution in [3.63, 3.8) is 0 Å². The highest BCUT2D eigenvalue weighted by molar-refractivity contribution is 7.89. The van der Waals surface area contributed by atoms with E-state index in [1.807, 2.05) is 50.2 Å². The highest BCUT2D eigenvalue weighted by Gasteiger charge is 2.20. The van der Waals surface area contributed by atoms with E-state index in [1.54, 1.807) is 6.33 Å². The van der Waals surface area contributed by atoms with E-state index in [0.717, 1.165) is 5.52 Å². The maximum atomic E-state index is 12.2. The van der Waals surface area contributed by atoms with Gasteiger partial charge in [0, 0.05) is 12.5 Å². The fraction of sp³-hybridized carbons (Fsp3) is 0.292. The molecule has 4 rings (SSSR count). The van der Waals surface area contributed by atoms with Crippen molar-refractivity contribution >= 4 is 27.0 Å². The molecule has 0 spiro atoms. The van der Waals surface area contributed by atoms with E-state index in [2.05, 4.69) is 54.2 Å². The molecule has 0 saturated heterocycles. The van der Waals surface area contributed by atoms with Crippen LogP contribution in [0.5, 0.6) is 0 Å². The molecule has 2 heterocycles. The number of imidazole rings is 1. The van der Waals surface area contributed by atoms with Gasteiger partial charge < -0.3 is 5.32 Å². The number of rotatable bonds is 10. The topological polar surface area (TPSA) is 114 Å². The van der Waals surface area contributed by atoms with E-state index in [1.165, 1.54) is 11.1 Å². The van der Waals surface area contributed by atoms with E-state index in [0.29, 0.717) is 23.8 Å². The highest BCUT2D eigenvalue weighted by Crippen LogP contribution is 2.26. The number of benzene rings is 2. The monoisotopic (exact) mass is 465 g/mol. The minimum atomic E-state index is -3.40. The molecule has 4 N–H and O–H groups in total. The van der Waals surface area contributed by atoms with E-state index >= 15 is 0 Å². The van der Waals surface area contributed by atoms with Crippen molar-refractivity contribution in [2.75, 3.05) is 17.6 Å². The van der Waals surface area contributed by atoms with Gasteiger partial charge in [0.1, 0.15) is 0 Å². The van der Waals surface area contributed by atoms with Gasteiger partial charge in [-0.25, -0.2) is 18.1 Å². The third kappa shape index (κ3) is 5.94. The Labute approximate surface area is 194 Å². The molecule has 0 amide bonds. The number of nitrogens with zero attached hydrogens (tertiary/aromatic N) is 2. The van der Waals surface area contributed by atoms with E-state index in [-0.39, 0.29) is 24.1 Å². The Morgan fingerprint density at radius 2 is 1.61 bits per heavy atom. The fourth-order valence-corrected chi connectivity index (χ4v) is 5.15. The summed E-state index contributed by atoms with van der Waals surface area (Å²) >= 11 is 0. The molecule has 0 saturated carbocycles. The lowest BCUT2D eigenvalue weighted by atomic mass is 9.91. The van der Waals surface area contributed by atoms with Crippen LogP contribution in [-0.4, -0.2) is 35.7 Å². The van der Waals surface area contributed by atoms with Gasteiger partial charge in [-0.05, 0) is 17.0 Å². The average molecular weight is 466 g/mol. The van der Waals surface area contributed by atoms with Crippen LogP contribution in [0.15, 0.2) is 67.0 Å². The number of aromatic nitrogens is 4. The zero-order valence-corrected chi connectivity index (χ0v) is 19.6. The van der Waals surface area contributed by atoms with Crippen LogP contribution in [0.1, 0.15) is 36.7 Å². The van der Waals surface area contributed by atoms with Crippen molar-refractivity contribution in [2.24, 2.45) is 5.92 Å². The molecule has 8 nitrogen and oxygen atoms in total. The molecule has 0 fully saturated rings. The lowest BCUT2D eigenvalue weighted by Crippen LogP contribution is -2.29. The number of fused-ring (bicyclic) bond motifs is 1. The number of sulfonamides is 1. The van der Waals surface area contributed by atoms with E-state index in [4.69, 9.17) is 0 Å². The largest absolute Gasteiger partial charge is 0.366 e. The summed E-state index contributed by atoms with van der Waals surface area (Å²) < 4.78 is 27.1. The number of hydrogen-bond acceptors (Lipinski definition) is 5. The molecule has 0 unspecified atom stereocenters. The van der Waals surface area contributed by atoms with Crippen LogP contribution in [0.25, 0.3) is 11.2 Å². The minimum absolute atomic E-state index is 0.0273. The second kappa shape index (κ2) is 10.1. The first-order chi connectivity index (χ1) is 15.9. The summed E-state index contributed by atoms with van der Waals surface area (Å²) in [7, 11) is -3.40. The number of nitrogens with one attached hydrogen (secondary N) is 4. The van der Waals surface area contributed by atoms with Crippen molar-refractivity contribution in [1.82, 2.24) is 19.7 Å². The van der Waals surface area contributed by atoms with Gasteiger partial charge in [0.2, 0.25) is 21.4 Å². The fourth-order valence-electron chi connectivity index (χ4n) is 3.80. The van der Waals surface area contributed by atoms with Gasteiger partial charge in [0.15, 0.2) is 12.1 Å². The van der Waals surface area contributed by atoms with Crippen molar-refractivity contribution < 1.29 is 13.4 Å². The second-order valence-electron chi connectivity index (χ2n) is 8.40. The zero-order chi connectivity index (χ0) is 23.3. The molecular weight excluding hydrogens is 436 g/mol. The van der Waals surface area contributed by atoms with Crippen molar-refractivity contribution in [1.29, 1.82) is 0 Å². The molecule has 4 aromatic rings. The number of H-pyrrole nitrogens is 2. The molecule has 0 radical (unpaired) electrons. The Balaban J connectivity index is 1.58. The Morgan fingerprint density at radius 3 is 2.21 bits per heavy atom. The van der Waals surface area contributed by atoms with Crippen LogP contribution in [-0.2, 0) is 16.6 Å². The molecule has 33 heavy (non-hydrogen) atoms. The molecular formula is C24H29N6O2S+. The van der Waals surface area contributed by atoms with Crippen molar-refractivity contribution in [3.05, 3.63) is 83.9 Å². The molecule has 172 valence electrons. The second-order valence-corrected chi connectivity index (χ2v) is 10.2. The van der Waals surface area contributed by atoms with Gasteiger partial charge in [-0.3, -0.25) is 4.98 Å². The average Bonchev–Trinajstić information content (AvgIpc) is 3.27. The minimum Gasteiger partial charge on any atom is -0.366 e. The van der Waals surface area contributed by atoms with Gasteiger partial charge in [0.25, 0.3) is 0 Å². The van der Waals surface area contributed by atoms with Gasteiger partial charge in [-0.1, -0.05) is 79.5 Å². The third-order valence-electron chi connectivity index (χ3n) is 5.26. The highest BCUT2D eigenvalue weighted by atomic mass is 32.2. The van der Waals surface area contributed by atoms with Crippen LogP contribution >= 0.6 is 0 Å². The molecule has 2 aromatic heterocycles. The first-order valence-electron chi connectivity index (χ1n) is 11.0. The summed E-state index contributed by atoms with van der Waals surface area (Å²) in [4.78, 5) is 15.3. The van der Waals surface area contributed by atoms with Gasteiger partial charge in [0.05, 0.1) is 12.3 Å². The van der Waals surface area contributed by atoms with Crippen LogP contribution in [0, 0.1) is 5.92 Å². The Bertz CT molecular complexity index is 1250. The summed E-state index contributed by atoms with van der Waals surface area (Å²) in [6, 6.07) is 20.6. The molecule has 0 aliphatic rings. The lowest BCUT2D eigenvalue weighted by Gasteiger charge is -2.19. The van der Waals surface area contributed by atoms with Crippen LogP contribution < -0.4 is 15.0 Å². The summed E-state index contributed by atoms with van der Waals surface area (Å²) in [5.74, 6) is 1.23. The van der Waals surface area contributed by atoms with Crippen molar-refractivity contribution in [3.8, 4) is 0 Å². The number of anilines is 1. The van der Waals surface area contributed by atoms with Crippen LogP contribution in [0.2, 0.25) is 0 Å². The molecule has 0 aliphatic heterocycles. The summed E-state index contributed by atoms with van der Waals surface area (Å²) in [5, 5.41) is 3.46. The molecule has 0 atom stereocenters. The normalized spacial score (nSPS) is 12.0. The van der Waals surface area contributed by atoms with Crippen LogP contribution in [0.4, 0.5) is 5.82 Å². The quantitative estimate of drug-likeness (QED) is 0.333. The molecule has 0 aliphatic carbocycles. The maximum absolute atomic E-state index is 12.2. The van der Waals surface area contributed by atoms with Crippen molar-refractivity contribution in [2.45, 2.75) is 26.3 Å². The smallest absolute Gasteiger partial charge is 0.305 e. The maximum Gasteiger partial charge on any atom is 0.305 e. The molecule has 0 bridgehead atoms. The Hall–Kier alpha value is -3.30. The SMILES string of the molecule is CC(C)CS(=O)(=O)NCc1nc(NCC(c2ccccc2)c2ccccc2)c2[nH]c[nH+]c2n1. The standard InChI is InChI=1S/C24H28N6O2S/c1-17(2)15-33(31,32)28-14-21-29-23(22-24(30-21)27-16-26-22)25-13-20(18-9-5-3-6-10-18)19-11-7-4-8-12-19/h3-12,16-17,20,28H,13-15H2,1-2H3,(H2,25,26,27,29,30)/p+1. The third-order valence-corrected chi connectivity index (χ3v) is 6.95. The zero-order valence-electron chi connectivity index (χ0n) is 18.7. The van der Waals surface area contributed by atoms with Gasteiger partial charge in [-0.15, -0.1) is 0 Å². The number of aromatic amines is 2. The predicted molar refractivity (Wildman–Crippen MR) is 129 cm³/mol. The van der Waals surface area contributed by atoms with Gasteiger partial charge >= 0.3 is 5.65 Å². The Kier molecular flexibility index (Phi) is 7.00. The van der Waals surface area contributed by atoms with Gasteiger partial charge in [-0.2, -0.15) is 4.98 Å². The first-order valence-corrected chi connectivity index (χ1v) is 12.6. The Morgan fingerprint density at radius 1 is 0.970 bits per heavy atom. The summed E-state index contributed by atoms with van der Waals surface area (Å²) in [5.41, 5.74) is 3.74. The van der Waals surface area contributed by atoms with Crippen LogP contribution in [0.3, 0.4) is 0 Å².